The topological polar surface area (TPSA) is 110 Å². The Hall–Kier alpha value is -3.26. The third-order valence-electron chi connectivity index (χ3n) is 4.99. The van der Waals surface area contributed by atoms with Crippen LogP contribution >= 0.6 is 0 Å². The molecule has 3 heterocycles. The van der Waals surface area contributed by atoms with Crippen LogP contribution in [0.3, 0.4) is 0 Å². The molecule has 0 radical (unpaired) electrons. The highest BCUT2D eigenvalue weighted by molar-refractivity contribution is 5.95. The fraction of sp³-hybridized carbons (Fsp3) is 0.333. The first kappa shape index (κ1) is 19.1. The first-order valence-electron chi connectivity index (χ1n) is 9.63. The maximum atomic E-state index is 12.6. The third-order valence-corrected chi connectivity index (χ3v) is 4.99. The molecule has 1 atom stereocenters. The Morgan fingerprint density at radius 1 is 1.31 bits per heavy atom. The Kier molecular flexibility index (Phi) is 5.53. The van der Waals surface area contributed by atoms with E-state index in [9.17, 15) is 9.59 Å². The van der Waals surface area contributed by atoms with Gasteiger partial charge in [0.2, 0.25) is 0 Å². The lowest BCUT2D eigenvalue weighted by Crippen LogP contribution is -2.31. The zero-order valence-corrected chi connectivity index (χ0v) is 16.1. The van der Waals surface area contributed by atoms with E-state index < -0.39 is 11.5 Å². The van der Waals surface area contributed by atoms with Crippen LogP contribution in [0.25, 0.3) is 11.5 Å². The number of aryl methyl sites for hydroxylation is 1. The van der Waals surface area contributed by atoms with Gasteiger partial charge in [-0.15, -0.1) is 0 Å². The van der Waals surface area contributed by atoms with Crippen LogP contribution in [0, 0.1) is 6.92 Å². The van der Waals surface area contributed by atoms with Crippen LogP contribution in [-0.2, 0) is 6.54 Å². The van der Waals surface area contributed by atoms with Crippen molar-refractivity contribution in [3.63, 3.8) is 0 Å². The smallest absolute Gasteiger partial charge is 0.349 e. The largest absolute Gasteiger partial charge is 0.427 e. The van der Waals surface area contributed by atoms with Gasteiger partial charge in [0.15, 0.2) is 5.82 Å². The Bertz CT molecular complexity index is 1050. The van der Waals surface area contributed by atoms with E-state index in [1.165, 1.54) is 0 Å². The van der Waals surface area contributed by atoms with Gasteiger partial charge in [0.25, 0.3) is 11.8 Å². The zero-order chi connectivity index (χ0) is 20.2. The molecule has 1 fully saturated rings. The van der Waals surface area contributed by atoms with Crippen molar-refractivity contribution in [1.82, 2.24) is 20.8 Å². The predicted octanol–water partition coefficient (Wildman–Crippen LogP) is 2.40. The van der Waals surface area contributed by atoms with Gasteiger partial charge in [0, 0.05) is 18.0 Å². The number of amides is 1. The monoisotopic (exact) mass is 394 g/mol. The standard InChI is InChI=1S/C21H22N4O4/c1-13-10-16(15-8-5-9-22-11-15)28-21(27)18(13)19(26)23-12-17-24-20(29-25-17)14-6-3-2-4-7-14/h2-4,6-7,10,15,22H,5,8-9,11-12H2,1H3,(H,23,26). The molecule has 150 valence electrons. The number of benzene rings is 1. The molecular formula is C21H22N4O4. The number of aromatic nitrogens is 2. The number of nitrogens with zero attached hydrogens (tertiary/aromatic N) is 2. The second-order valence-electron chi connectivity index (χ2n) is 7.10. The molecule has 2 aromatic heterocycles. The summed E-state index contributed by atoms with van der Waals surface area (Å²) in [6, 6.07) is 11.1. The van der Waals surface area contributed by atoms with Crippen molar-refractivity contribution >= 4 is 5.91 Å². The molecule has 1 aromatic carbocycles. The van der Waals surface area contributed by atoms with Crippen molar-refractivity contribution in [2.75, 3.05) is 13.1 Å². The molecule has 0 aliphatic carbocycles. The zero-order valence-electron chi connectivity index (χ0n) is 16.1. The lowest BCUT2D eigenvalue weighted by molar-refractivity contribution is 0.0944. The summed E-state index contributed by atoms with van der Waals surface area (Å²) < 4.78 is 10.7. The number of hydrogen-bond acceptors (Lipinski definition) is 7. The molecule has 0 bridgehead atoms. The number of hydrogen-bond donors (Lipinski definition) is 2. The van der Waals surface area contributed by atoms with E-state index in [0.29, 0.717) is 23.0 Å². The maximum absolute atomic E-state index is 12.6. The molecule has 4 rings (SSSR count). The summed E-state index contributed by atoms with van der Waals surface area (Å²) in [6.07, 6.45) is 1.99. The molecule has 1 amide bonds. The van der Waals surface area contributed by atoms with Gasteiger partial charge in [-0.05, 0) is 50.1 Å². The molecule has 1 saturated heterocycles. The van der Waals surface area contributed by atoms with Crippen molar-refractivity contribution in [3.05, 3.63) is 69.5 Å². The second-order valence-corrected chi connectivity index (χ2v) is 7.10. The summed E-state index contributed by atoms with van der Waals surface area (Å²) in [7, 11) is 0. The summed E-state index contributed by atoms with van der Waals surface area (Å²) in [5.41, 5.74) is 0.768. The van der Waals surface area contributed by atoms with Crippen LogP contribution < -0.4 is 16.3 Å². The summed E-state index contributed by atoms with van der Waals surface area (Å²) in [5, 5.41) is 9.83. The van der Waals surface area contributed by atoms with Gasteiger partial charge in [0.1, 0.15) is 11.3 Å². The van der Waals surface area contributed by atoms with Crippen molar-refractivity contribution in [3.8, 4) is 11.5 Å². The average Bonchev–Trinajstić information content (AvgIpc) is 3.22. The van der Waals surface area contributed by atoms with Gasteiger partial charge in [-0.1, -0.05) is 23.4 Å². The van der Waals surface area contributed by atoms with Gasteiger partial charge < -0.3 is 19.6 Å². The van der Waals surface area contributed by atoms with Gasteiger partial charge in [-0.3, -0.25) is 4.79 Å². The van der Waals surface area contributed by atoms with E-state index in [0.717, 1.165) is 31.5 Å². The maximum Gasteiger partial charge on any atom is 0.349 e. The van der Waals surface area contributed by atoms with Gasteiger partial charge in [0.05, 0.1) is 6.54 Å². The fourth-order valence-corrected chi connectivity index (χ4v) is 3.47. The minimum atomic E-state index is -0.624. The third kappa shape index (κ3) is 4.27. The fourth-order valence-electron chi connectivity index (χ4n) is 3.47. The Balaban J connectivity index is 1.45. The number of carbonyl (C=O) groups excluding carboxylic acids is 1. The van der Waals surface area contributed by atoms with Crippen LogP contribution in [0.2, 0.25) is 0 Å². The highest BCUT2D eigenvalue weighted by Crippen LogP contribution is 2.23. The number of nitrogens with one attached hydrogen (secondary N) is 2. The lowest BCUT2D eigenvalue weighted by atomic mass is 9.95. The van der Waals surface area contributed by atoms with E-state index >= 15 is 0 Å². The van der Waals surface area contributed by atoms with Crippen LogP contribution in [0.15, 0.2) is 50.1 Å². The Morgan fingerprint density at radius 2 is 2.14 bits per heavy atom. The first-order chi connectivity index (χ1) is 14.1. The van der Waals surface area contributed by atoms with Crippen LogP contribution in [0.5, 0.6) is 0 Å². The number of piperidine rings is 1. The highest BCUT2D eigenvalue weighted by Gasteiger charge is 2.22. The summed E-state index contributed by atoms with van der Waals surface area (Å²) >= 11 is 0. The predicted molar refractivity (Wildman–Crippen MR) is 105 cm³/mol. The molecule has 29 heavy (non-hydrogen) atoms. The average molecular weight is 394 g/mol. The quantitative estimate of drug-likeness (QED) is 0.684. The van der Waals surface area contributed by atoms with E-state index in [4.69, 9.17) is 8.94 Å². The van der Waals surface area contributed by atoms with Crippen molar-refractivity contribution in [2.24, 2.45) is 0 Å². The summed E-state index contributed by atoms with van der Waals surface area (Å²) in [4.78, 5) is 29.3. The summed E-state index contributed by atoms with van der Waals surface area (Å²) in [5.74, 6) is 0.959. The molecule has 1 unspecified atom stereocenters. The molecular weight excluding hydrogens is 372 g/mol. The molecule has 8 nitrogen and oxygen atoms in total. The number of rotatable bonds is 5. The van der Waals surface area contributed by atoms with E-state index in [-0.39, 0.29) is 18.0 Å². The normalized spacial score (nSPS) is 16.5. The molecule has 1 aliphatic heterocycles. The first-order valence-corrected chi connectivity index (χ1v) is 9.63. The van der Waals surface area contributed by atoms with E-state index in [1.54, 1.807) is 13.0 Å². The van der Waals surface area contributed by atoms with Crippen LogP contribution in [-0.4, -0.2) is 29.1 Å². The molecule has 0 saturated carbocycles. The van der Waals surface area contributed by atoms with Gasteiger partial charge >= 0.3 is 5.63 Å². The van der Waals surface area contributed by atoms with Gasteiger partial charge in [-0.2, -0.15) is 4.98 Å². The Labute approximate surface area is 167 Å². The molecule has 8 heteroatoms. The molecule has 1 aliphatic rings. The minimum Gasteiger partial charge on any atom is -0.427 e. The van der Waals surface area contributed by atoms with Crippen LogP contribution in [0.1, 0.15) is 46.3 Å². The minimum absolute atomic E-state index is 0.00398. The second kappa shape index (κ2) is 8.40. The Morgan fingerprint density at radius 3 is 2.86 bits per heavy atom. The van der Waals surface area contributed by atoms with Gasteiger partial charge in [-0.25, -0.2) is 4.79 Å². The molecule has 2 N–H and O–H groups in total. The van der Waals surface area contributed by atoms with E-state index in [1.807, 2.05) is 30.3 Å². The van der Waals surface area contributed by atoms with Crippen molar-refractivity contribution in [1.29, 1.82) is 0 Å². The van der Waals surface area contributed by atoms with Crippen molar-refractivity contribution < 1.29 is 13.7 Å². The summed E-state index contributed by atoms with van der Waals surface area (Å²) in [6.45, 7) is 3.54. The SMILES string of the molecule is Cc1cc(C2CCCNC2)oc(=O)c1C(=O)NCc1noc(-c2ccccc2)n1. The van der Waals surface area contributed by atoms with Crippen molar-refractivity contribution in [2.45, 2.75) is 32.2 Å². The molecule has 0 spiro atoms. The van der Waals surface area contributed by atoms with E-state index in [2.05, 4.69) is 20.8 Å². The molecule has 3 aromatic rings. The highest BCUT2D eigenvalue weighted by atomic mass is 16.5. The number of carbonyl (C=O) groups is 1. The lowest BCUT2D eigenvalue weighted by Gasteiger charge is -2.22. The van der Waals surface area contributed by atoms with Crippen LogP contribution in [0.4, 0.5) is 0 Å².